The fourth-order valence-electron chi connectivity index (χ4n) is 3.21. The minimum absolute atomic E-state index is 0.542. The van der Waals surface area contributed by atoms with E-state index in [1.54, 1.807) is 11.1 Å². The highest BCUT2D eigenvalue weighted by Gasteiger charge is 2.50. The first kappa shape index (κ1) is 9.67. The molecular weight excluding hydrogens is 262 g/mol. The monoisotopic (exact) mass is 277 g/mol. The number of halogens is 1. The summed E-state index contributed by atoms with van der Waals surface area (Å²) in [5, 5.41) is 0. The van der Waals surface area contributed by atoms with Gasteiger partial charge in [-0.15, -0.1) is 0 Å². The van der Waals surface area contributed by atoms with Gasteiger partial charge in [0.15, 0.2) is 0 Å². The lowest BCUT2D eigenvalue weighted by Gasteiger charge is -2.35. The van der Waals surface area contributed by atoms with Crippen LogP contribution >= 0.6 is 15.9 Å². The molecule has 0 N–H and O–H groups in total. The maximum Gasteiger partial charge on any atom is 0.0240 e. The zero-order valence-electron chi connectivity index (χ0n) is 9.38. The Morgan fingerprint density at radius 1 is 1.25 bits per heavy atom. The van der Waals surface area contributed by atoms with Crippen LogP contribution < -0.4 is 0 Å². The van der Waals surface area contributed by atoms with Crippen LogP contribution in [0.1, 0.15) is 36.8 Å². The number of fused-ring (bicyclic) bond motifs is 2. The number of hydrogen-bond acceptors (Lipinski definition) is 1. The molecule has 0 aromatic heterocycles. The summed E-state index contributed by atoms with van der Waals surface area (Å²) < 4.78 is 1.25. The quantitative estimate of drug-likeness (QED) is 0.760. The SMILES string of the molecule is Brc1ccc2c(c1)C1(CC1)CN(C1CC1)C2. The van der Waals surface area contributed by atoms with E-state index in [9.17, 15) is 0 Å². The van der Waals surface area contributed by atoms with Crippen LogP contribution in [0.2, 0.25) is 0 Å². The number of rotatable bonds is 1. The molecule has 2 heteroatoms. The molecule has 1 heterocycles. The van der Waals surface area contributed by atoms with Crippen LogP contribution in [0.5, 0.6) is 0 Å². The Labute approximate surface area is 105 Å². The number of hydrogen-bond donors (Lipinski definition) is 0. The molecule has 16 heavy (non-hydrogen) atoms. The second-order valence-corrected chi connectivity index (χ2v) is 6.63. The first-order chi connectivity index (χ1) is 7.77. The molecule has 84 valence electrons. The smallest absolute Gasteiger partial charge is 0.0240 e. The summed E-state index contributed by atoms with van der Waals surface area (Å²) in [4.78, 5) is 2.73. The van der Waals surface area contributed by atoms with E-state index in [4.69, 9.17) is 0 Å². The Bertz CT molecular complexity index is 446. The van der Waals surface area contributed by atoms with Crippen molar-refractivity contribution in [3.63, 3.8) is 0 Å². The molecule has 1 aromatic rings. The Hall–Kier alpha value is -0.340. The molecular formula is C14H16BrN. The standard InChI is InChI=1S/C14H16BrN/c15-11-2-1-10-8-16(12-3-4-12)9-14(5-6-14)13(10)7-11/h1-2,7,12H,3-6,8-9H2. The van der Waals surface area contributed by atoms with Crippen LogP contribution in [0.3, 0.4) is 0 Å². The third-order valence-electron chi connectivity index (χ3n) is 4.44. The molecule has 3 aliphatic rings. The highest BCUT2D eigenvalue weighted by Crippen LogP contribution is 2.54. The maximum absolute atomic E-state index is 3.61. The van der Waals surface area contributed by atoms with Crippen molar-refractivity contribution in [2.75, 3.05) is 6.54 Å². The fourth-order valence-corrected chi connectivity index (χ4v) is 3.57. The Balaban J connectivity index is 1.78. The maximum atomic E-state index is 3.61. The van der Waals surface area contributed by atoms with E-state index in [2.05, 4.69) is 39.0 Å². The van der Waals surface area contributed by atoms with Crippen molar-refractivity contribution in [3.8, 4) is 0 Å². The van der Waals surface area contributed by atoms with Crippen LogP contribution in [-0.2, 0) is 12.0 Å². The van der Waals surface area contributed by atoms with Crippen molar-refractivity contribution in [1.82, 2.24) is 4.90 Å². The largest absolute Gasteiger partial charge is 0.295 e. The van der Waals surface area contributed by atoms with Gasteiger partial charge in [-0.25, -0.2) is 0 Å². The molecule has 0 radical (unpaired) electrons. The molecule has 0 saturated heterocycles. The molecule has 4 rings (SSSR count). The van der Waals surface area contributed by atoms with Gasteiger partial charge in [0.05, 0.1) is 0 Å². The summed E-state index contributed by atoms with van der Waals surface area (Å²) in [6, 6.07) is 7.81. The van der Waals surface area contributed by atoms with Crippen molar-refractivity contribution in [2.24, 2.45) is 0 Å². The third kappa shape index (κ3) is 1.39. The highest BCUT2D eigenvalue weighted by atomic mass is 79.9. The molecule has 1 aromatic carbocycles. The molecule has 1 nitrogen and oxygen atoms in total. The zero-order valence-corrected chi connectivity index (χ0v) is 11.0. The molecule has 0 amide bonds. The summed E-state index contributed by atoms with van der Waals surface area (Å²) >= 11 is 3.61. The molecule has 2 saturated carbocycles. The predicted octanol–water partition coefficient (Wildman–Crippen LogP) is 3.46. The van der Waals surface area contributed by atoms with Crippen molar-refractivity contribution in [2.45, 2.75) is 43.7 Å². The van der Waals surface area contributed by atoms with Crippen LogP contribution in [-0.4, -0.2) is 17.5 Å². The van der Waals surface area contributed by atoms with Crippen LogP contribution in [0.15, 0.2) is 22.7 Å². The first-order valence-electron chi connectivity index (χ1n) is 6.30. The van der Waals surface area contributed by atoms with E-state index in [1.807, 2.05) is 0 Å². The van der Waals surface area contributed by atoms with Crippen molar-refractivity contribution in [1.29, 1.82) is 0 Å². The second kappa shape index (κ2) is 3.11. The molecule has 0 unspecified atom stereocenters. The lowest BCUT2D eigenvalue weighted by molar-refractivity contribution is 0.211. The van der Waals surface area contributed by atoms with Gasteiger partial charge < -0.3 is 0 Å². The summed E-state index contributed by atoms with van der Waals surface area (Å²) in [7, 11) is 0. The van der Waals surface area contributed by atoms with Crippen LogP contribution in [0.4, 0.5) is 0 Å². The van der Waals surface area contributed by atoms with Crippen molar-refractivity contribution in [3.05, 3.63) is 33.8 Å². The summed E-state index contributed by atoms with van der Waals surface area (Å²) in [5.74, 6) is 0. The third-order valence-corrected chi connectivity index (χ3v) is 4.93. The van der Waals surface area contributed by atoms with Gasteiger partial charge in [0.25, 0.3) is 0 Å². The molecule has 2 fully saturated rings. The minimum Gasteiger partial charge on any atom is -0.295 e. The van der Waals surface area contributed by atoms with Gasteiger partial charge in [0.1, 0.15) is 0 Å². The topological polar surface area (TPSA) is 3.24 Å². The van der Waals surface area contributed by atoms with Gasteiger partial charge in [0, 0.05) is 29.0 Å². The first-order valence-corrected chi connectivity index (χ1v) is 7.09. The number of nitrogens with zero attached hydrogens (tertiary/aromatic N) is 1. The van der Waals surface area contributed by atoms with Gasteiger partial charge in [-0.3, -0.25) is 4.90 Å². The highest BCUT2D eigenvalue weighted by molar-refractivity contribution is 9.10. The van der Waals surface area contributed by atoms with Gasteiger partial charge in [0.2, 0.25) is 0 Å². The van der Waals surface area contributed by atoms with Crippen molar-refractivity contribution >= 4 is 15.9 Å². The van der Waals surface area contributed by atoms with E-state index < -0.39 is 0 Å². The summed E-state index contributed by atoms with van der Waals surface area (Å²) in [6.45, 7) is 2.51. The molecule has 2 aliphatic carbocycles. The predicted molar refractivity (Wildman–Crippen MR) is 68.5 cm³/mol. The van der Waals surface area contributed by atoms with E-state index in [0.29, 0.717) is 5.41 Å². The van der Waals surface area contributed by atoms with Crippen molar-refractivity contribution < 1.29 is 0 Å². The Kier molecular flexibility index (Phi) is 1.88. The van der Waals surface area contributed by atoms with Crippen LogP contribution in [0, 0.1) is 0 Å². The zero-order chi connectivity index (χ0) is 10.8. The average molecular weight is 278 g/mol. The van der Waals surface area contributed by atoms with Gasteiger partial charge in [-0.2, -0.15) is 0 Å². The van der Waals surface area contributed by atoms with Gasteiger partial charge in [-0.05, 0) is 48.9 Å². The molecule has 0 atom stereocenters. The minimum atomic E-state index is 0.542. The molecule has 1 aliphatic heterocycles. The molecule has 0 bridgehead atoms. The Morgan fingerprint density at radius 3 is 2.75 bits per heavy atom. The van der Waals surface area contributed by atoms with E-state index in [1.165, 1.54) is 43.2 Å². The fraction of sp³-hybridized carbons (Fsp3) is 0.571. The molecule has 1 spiro atoms. The average Bonchev–Trinajstić information content (AvgIpc) is 3.12. The summed E-state index contributed by atoms with van der Waals surface area (Å²) in [5.41, 5.74) is 3.76. The lowest BCUT2D eigenvalue weighted by Crippen LogP contribution is -2.39. The lowest BCUT2D eigenvalue weighted by atomic mass is 9.87. The van der Waals surface area contributed by atoms with Crippen LogP contribution in [0.25, 0.3) is 0 Å². The number of benzene rings is 1. The van der Waals surface area contributed by atoms with E-state index >= 15 is 0 Å². The second-order valence-electron chi connectivity index (χ2n) is 5.72. The van der Waals surface area contributed by atoms with E-state index in [-0.39, 0.29) is 0 Å². The summed E-state index contributed by atoms with van der Waals surface area (Å²) in [6.07, 6.45) is 5.67. The normalized spacial score (nSPS) is 26.8. The Morgan fingerprint density at radius 2 is 2.06 bits per heavy atom. The van der Waals surface area contributed by atoms with Gasteiger partial charge in [-0.1, -0.05) is 22.0 Å². The van der Waals surface area contributed by atoms with Gasteiger partial charge >= 0.3 is 0 Å². The van der Waals surface area contributed by atoms with E-state index in [0.717, 1.165) is 6.04 Å².